The number of hydrogen-bond donors (Lipinski definition) is 1. The van der Waals surface area contributed by atoms with Gasteiger partial charge in [-0.3, -0.25) is 9.59 Å². The van der Waals surface area contributed by atoms with Crippen molar-refractivity contribution in [3.05, 3.63) is 94.1 Å². The summed E-state index contributed by atoms with van der Waals surface area (Å²) in [6.45, 7) is 6.28. The van der Waals surface area contributed by atoms with Crippen LogP contribution in [0.4, 0.5) is 11.4 Å². The third-order valence-electron chi connectivity index (χ3n) is 5.26. The van der Waals surface area contributed by atoms with Gasteiger partial charge in [-0.1, -0.05) is 41.9 Å². The maximum atomic E-state index is 13.5. The fourth-order valence-corrected chi connectivity index (χ4v) is 3.84. The smallest absolute Gasteiger partial charge is 0.282 e. The zero-order chi connectivity index (χ0) is 22.8. The van der Waals surface area contributed by atoms with Crippen molar-refractivity contribution in [1.82, 2.24) is 0 Å². The van der Waals surface area contributed by atoms with Gasteiger partial charge in [0.15, 0.2) is 0 Å². The monoisotopic (exact) mass is 446 g/mol. The Morgan fingerprint density at radius 2 is 1.69 bits per heavy atom. The third-order valence-corrected chi connectivity index (χ3v) is 5.49. The summed E-state index contributed by atoms with van der Waals surface area (Å²) in [5.41, 5.74) is 4.21. The van der Waals surface area contributed by atoms with Crippen LogP contribution in [0.2, 0.25) is 5.02 Å². The normalized spacial score (nSPS) is 13.7. The number of nitrogens with zero attached hydrogens (tertiary/aromatic N) is 1. The summed E-state index contributed by atoms with van der Waals surface area (Å²) < 4.78 is 5.52. The Balaban J connectivity index is 1.82. The van der Waals surface area contributed by atoms with Crippen LogP contribution in [0.3, 0.4) is 0 Å². The first-order valence-corrected chi connectivity index (χ1v) is 10.7. The lowest BCUT2D eigenvalue weighted by atomic mass is 10.0. The summed E-state index contributed by atoms with van der Waals surface area (Å²) in [6.07, 6.45) is 0. The molecule has 0 radical (unpaired) electrons. The van der Waals surface area contributed by atoms with Crippen LogP contribution in [0.15, 0.2) is 72.4 Å². The molecule has 0 fully saturated rings. The maximum absolute atomic E-state index is 13.5. The molecule has 5 nitrogen and oxygen atoms in total. The van der Waals surface area contributed by atoms with Crippen LogP contribution < -0.4 is 15.0 Å². The van der Waals surface area contributed by atoms with E-state index < -0.39 is 5.91 Å². The second kappa shape index (κ2) is 8.89. The van der Waals surface area contributed by atoms with Gasteiger partial charge in [-0.2, -0.15) is 0 Å². The predicted octanol–water partition coefficient (Wildman–Crippen LogP) is 5.75. The number of amides is 2. The van der Waals surface area contributed by atoms with Crippen molar-refractivity contribution in [3.8, 4) is 5.75 Å². The Morgan fingerprint density at radius 1 is 0.938 bits per heavy atom. The van der Waals surface area contributed by atoms with Crippen molar-refractivity contribution in [2.75, 3.05) is 16.8 Å². The molecule has 0 unspecified atom stereocenters. The Morgan fingerprint density at radius 3 is 2.38 bits per heavy atom. The van der Waals surface area contributed by atoms with E-state index in [4.69, 9.17) is 16.3 Å². The van der Waals surface area contributed by atoms with E-state index in [0.717, 1.165) is 11.1 Å². The zero-order valence-electron chi connectivity index (χ0n) is 18.1. The van der Waals surface area contributed by atoms with Crippen LogP contribution in [0.1, 0.15) is 23.6 Å². The first-order chi connectivity index (χ1) is 15.4. The topological polar surface area (TPSA) is 58.6 Å². The van der Waals surface area contributed by atoms with Crippen LogP contribution in [0.25, 0.3) is 5.57 Å². The second-order valence-corrected chi connectivity index (χ2v) is 8.01. The maximum Gasteiger partial charge on any atom is 0.282 e. The number of carbonyl (C=O) groups excluding carboxylic acids is 2. The largest absolute Gasteiger partial charge is 0.494 e. The molecule has 3 aromatic carbocycles. The summed E-state index contributed by atoms with van der Waals surface area (Å²) in [5.74, 6) is -0.0971. The van der Waals surface area contributed by atoms with Gasteiger partial charge in [0.2, 0.25) is 0 Å². The lowest BCUT2D eigenvalue weighted by Gasteiger charge is -2.16. The van der Waals surface area contributed by atoms with Gasteiger partial charge in [0, 0.05) is 10.7 Å². The summed E-state index contributed by atoms with van der Waals surface area (Å²) in [4.78, 5) is 28.3. The second-order valence-electron chi connectivity index (χ2n) is 7.58. The molecule has 1 aliphatic rings. The number of halogens is 1. The summed E-state index contributed by atoms with van der Waals surface area (Å²) in [7, 11) is 0. The van der Waals surface area contributed by atoms with E-state index in [2.05, 4.69) is 5.32 Å². The lowest BCUT2D eigenvalue weighted by Crippen LogP contribution is -2.32. The first kappa shape index (κ1) is 21.7. The van der Waals surface area contributed by atoms with Gasteiger partial charge in [0.25, 0.3) is 11.8 Å². The number of hydrogen-bond acceptors (Lipinski definition) is 4. The molecule has 0 bridgehead atoms. The number of nitrogens with one attached hydrogen (secondary N) is 1. The zero-order valence-corrected chi connectivity index (χ0v) is 18.9. The van der Waals surface area contributed by atoms with E-state index in [-0.39, 0.29) is 11.6 Å². The summed E-state index contributed by atoms with van der Waals surface area (Å²) in [5, 5.41) is 3.72. The molecule has 2 amide bonds. The Hall–Kier alpha value is -3.57. The van der Waals surface area contributed by atoms with Gasteiger partial charge in [-0.05, 0) is 73.9 Å². The van der Waals surface area contributed by atoms with E-state index in [1.165, 1.54) is 4.90 Å². The van der Waals surface area contributed by atoms with Crippen molar-refractivity contribution in [2.24, 2.45) is 0 Å². The molecule has 0 spiro atoms. The van der Waals surface area contributed by atoms with Gasteiger partial charge >= 0.3 is 0 Å². The summed E-state index contributed by atoms with van der Waals surface area (Å²) in [6, 6.07) is 19.9. The van der Waals surface area contributed by atoms with Crippen LogP contribution in [-0.4, -0.2) is 18.4 Å². The van der Waals surface area contributed by atoms with Crippen LogP contribution in [0.5, 0.6) is 5.75 Å². The first-order valence-electron chi connectivity index (χ1n) is 10.3. The molecule has 0 atom stereocenters. The number of carbonyl (C=O) groups is 2. The predicted molar refractivity (Wildman–Crippen MR) is 128 cm³/mol. The number of ether oxygens (including phenoxy) is 1. The highest BCUT2D eigenvalue weighted by Gasteiger charge is 2.40. The molecule has 1 N–H and O–H groups in total. The molecular formula is C26H23ClN2O3. The average Bonchev–Trinajstić information content (AvgIpc) is 3.01. The van der Waals surface area contributed by atoms with E-state index >= 15 is 0 Å². The Bertz CT molecular complexity index is 1230. The Labute approximate surface area is 192 Å². The standard InChI is InChI=1S/C26H23ClN2O3/c1-4-32-21-12-9-18(10-13-21)23-24(28-22-15-19(27)11-8-17(22)3)26(31)29(25(23)30)20-7-5-6-16(2)14-20/h5-15,28H,4H2,1-3H3. The van der Waals surface area contributed by atoms with Crippen molar-refractivity contribution >= 4 is 40.4 Å². The fourth-order valence-electron chi connectivity index (χ4n) is 3.66. The minimum Gasteiger partial charge on any atom is -0.494 e. The van der Waals surface area contributed by atoms with Crippen molar-refractivity contribution in [1.29, 1.82) is 0 Å². The highest BCUT2D eigenvalue weighted by molar-refractivity contribution is 6.46. The molecule has 0 saturated heterocycles. The molecule has 0 aliphatic carbocycles. The van der Waals surface area contributed by atoms with Gasteiger partial charge < -0.3 is 10.1 Å². The minimum absolute atomic E-state index is 0.214. The Kier molecular flexibility index (Phi) is 6.01. The molecular weight excluding hydrogens is 424 g/mol. The van der Waals surface area contributed by atoms with E-state index in [1.54, 1.807) is 42.5 Å². The van der Waals surface area contributed by atoms with Crippen LogP contribution in [0, 0.1) is 13.8 Å². The van der Waals surface area contributed by atoms with Crippen molar-refractivity contribution in [3.63, 3.8) is 0 Å². The summed E-state index contributed by atoms with van der Waals surface area (Å²) >= 11 is 6.18. The van der Waals surface area contributed by atoms with E-state index in [0.29, 0.717) is 39.9 Å². The molecule has 3 aromatic rings. The van der Waals surface area contributed by atoms with Crippen LogP contribution >= 0.6 is 11.6 Å². The molecule has 32 heavy (non-hydrogen) atoms. The van der Waals surface area contributed by atoms with Crippen molar-refractivity contribution in [2.45, 2.75) is 20.8 Å². The molecule has 162 valence electrons. The number of aryl methyl sites for hydroxylation is 2. The number of benzene rings is 3. The highest BCUT2D eigenvalue weighted by Crippen LogP contribution is 2.35. The van der Waals surface area contributed by atoms with Gasteiger partial charge in [0.1, 0.15) is 11.4 Å². The number of anilines is 2. The van der Waals surface area contributed by atoms with Crippen molar-refractivity contribution < 1.29 is 14.3 Å². The quantitative estimate of drug-likeness (QED) is 0.489. The number of imide groups is 1. The molecule has 1 aliphatic heterocycles. The number of rotatable bonds is 6. The molecule has 0 saturated carbocycles. The third kappa shape index (κ3) is 4.12. The highest BCUT2D eigenvalue weighted by atomic mass is 35.5. The van der Waals surface area contributed by atoms with E-state index in [1.807, 2.05) is 45.0 Å². The van der Waals surface area contributed by atoms with Crippen LogP contribution in [-0.2, 0) is 9.59 Å². The lowest BCUT2D eigenvalue weighted by molar-refractivity contribution is -0.120. The molecule has 4 rings (SSSR count). The molecule has 1 heterocycles. The van der Waals surface area contributed by atoms with Gasteiger partial charge in [-0.15, -0.1) is 0 Å². The minimum atomic E-state index is -0.413. The van der Waals surface area contributed by atoms with Gasteiger partial charge in [-0.25, -0.2) is 4.90 Å². The molecule has 6 heteroatoms. The average molecular weight is 447 g/mol. The van der Waals surface area contributed by atoms with Gasteiger partial charge in [0.05, 0.1) is 17.9 Å². The molecule has 0 aromatic heterocycles. The fraction of sp³-hybridized carbons (Fsp3) is 0.154. The SMILES string of the molecule is CCOc1ccc(C2=C(Nc3cc(Cl)ccc3C)C(=O)N(c3cccc(C)c3)C2=O)cc1. The van der Waals surface area contributed by atoms with E-state index in [9.17, 15) is 9.59 Å².